The van der Waals surface area contributed by atoms with Gasteiger partial charge in [0.1, 0.15) is 5.75 Å². The first-order valence-corrected chi connectivity index (χ1v) is 3.84. The average Bonchev–Trinajstić information content (AvgIpc) is 2.04. The number of para-hydroxylation sites is 1. The van der Waals surface area contributed by atoms with Crippen molar-refractivity contribution in [2.24, 2.45) is 5.73 Å². The Morgan fingerprint density at radius 2 is 1.92 bits per heavy atom. The molecule has 1 rings (SSSR count). The van der Waals surface area contributed by atoms with E-state index < -0.39 is 6.10 Å². The van der Waals surface area contributed by atoms with Crippen LogP contribution < -0.4 is 5.73 Å². The summed E-state index contributed by atoms with van der Waals surface area (Å²) in [5.41, 5.74) is 5.95. The van der Waals surface area contributed by atoms with Crippen molar-refractivity contribution in [1.29, 1.82) is 0 Å². The van der Waals surface area contributed by atoms with Gasteiger partial charge >= 0.3 is 0 Å². The minimum absolute atomic E-state index is 0.0855. The van der Waals surface area contributed by atoms with E-state index in [1.807, 2.05) is 0 Å². The second-order valence-corrected chi connectivity index (χ2v) is 2.86. The summed E-state index contributed by atoms with van der Waals surface area (Å²) in [6.45, 7) is 1.69. The minimum atomic E-state index is -0.800. The number of hydrogen-bond donors (Lipinski definition) is 3. The zero-order chi connectivity index (χ0) is 9.14. The lowest BCUT2D eigenvalue weighted by molar-refractivity contribution is 0.150. The second kappa shape index (κ2) is 3.56. The molecule has 3 heteroatoms. The van der Waals surface area contributed by atoms with Crippen LogP contribution >= 0.6 is 0 Å². The van der Waals surface area contributed by atoms with Crippen molar-refractivity contribution in [3.63, 3.8) is 0 Å². The molecule has 0 aliphatic heterocycles. The van der Waals surface area contributed by atoms with Crippen LogP contribution in [0.25, 0.3) is 0 Å². The Morgan fingerprint density at radius 1 is 1.33 bits per heavy atom. The van der Waals surface area contributed by atoms with E-state index in [1.54, 1.807) is 25.1 Å². The third-order valence-corrected chi connectivity index (χ3v) is 1.75. The number of benzene rings is 1. The van der Waals surface area contributed by atoms with Gasteiger partial charge in [0.05, 0.1) is 6.10 Å². The molecular weight excluding hydrogens is 154 g/mol. The van der Waals surface area contributed by atoms with Gasteiger partial charge in [-0.1, -0.05) is 18.2 Å². The summed E-state index contributed by atoms with van der Waals surface area (Å²) >= 11 is 0. The maximum Gasteiger partial charge on any atom is 0.121 e. The lowest BCUT2D eigenvalue weighted by Gasteiger charge is -2.15. The van der Waals surface area contributed by atoms with Crippen molar-refractivity contribution >= 4 is 0 Å². The molecule has 0 aliphatic carbocycles. The van der Waals surface area contributed by atoms with Crippen LogP contribution in [0.3, 0.4) is 0 Å². The maximum absolute atomic E-state index is 9.49. The molecular formula is C9H13NO2. The fourth-order valence-electron chi connectivity index (χ4n) is 1.02. The minimum Gasteiger partial charge on any atom is -0.508 e. The van der Waals surface area contributed by atoms with E-state index in [9.17, 15) is 10.2 Å². The molecule has 0 saturated heterocycles. The second-order valence-electron chi connectivity index (χ2n) is 2.86. The number of aliphatic hydroxyl groups is 1. The first-order chi connectivity index (χ1) is 5.63. The van der Waals surface area contributed by atoms with Crippen LogP contribution in [0.15, 0.2) is 24.3 Å². The summed E-state index contributed by atoms with van der Waals surface area (Å²) in [5, 5.41) is 18.8. The summed E-state index contributed by atoms with van der Waals surface area (Å²) in [5.74, 6) is 0.0855. The highest BCUT2D eigenvalue weighted by atomic mass is 16.3. The molecule has 0 unspecified atom stereocenters. The van der Waals surface area contributed by atoms with Crippen molar-refractivity contribution in [1.82, 2.24) is 0 Å². The monoisotopic (exact) mass is 167 g/mol. The predicted molar refractivity (Wildman–Crippen MR) is 46.7 cm³/mol. The van der Waals surface area contributed by atoms with Gasteiger partial charge < -0.3 is 15.9 Å². The molecule has 12 heavy (non-hydrogen) atoms. The number of aliphatic hydroxyl groups excluding tert-OH is 1. The van der Waals surface area contributed by atoms with Crippen LogP contribution in [0.2, 0.25) is 0 Å². The largest absolute Gasteiger partial charge is 0.508 e. The Bertz CT molecular complexity index is 260. The summed E-state index contributed by atoms with van der Waals surface area (Å²) in [6, 6.07) is 6.26. The van der Waals surface area contributed by atoms with Gasteiger partial charge in [-0.15, -0.1) is 0 Å². The van der Waals surface area contributed by atoms with E-state index in [-0.39, 0.29) is 11.8 Å². The highest BCUT2D eigenvalue weighted by Crippen LogP contribution is 2.24. The quantitative estimate of drug-likeness (QED) is 0.609. The van der Waals surface area contributed by atoms with E-state index in [0.29, 0.717) is 5.56 Å². The number of aromatic hydroxyl groups is 1. The van der Waals surface area contributed by atoms with Crippen LogP contribution in [0.4, 0.5) is 0 Å². The standard InChI is InChI=1S/C9H13NO2/c1-6(10)9(12)7-4-2-3-5-8(7)11/h2-6,9,11-12H,10H2,1H3/t6-,9-/m0/s1. The molecule has 0 amide bonds. The van der Waals surface area contributed by atoms with Crippen LogP contribution in [-0.2, 0) is 0 Å². The molecule has 0 spiro atoms. The highest BCUT2D eigenvalue weighted by Gasteiger charge is 2.14. The Balaban J connectivity index is 2.94. The molecule has 4 N–H and O–H groups in total. The fourth-order valence-corrected chi connectivity index (χ4v) is 1.02. The van der Waals surface area contributed by atoms with E-state index in [4.69, 9.17) is 5.73 Å². The van der Waals surface area contributed by atoms with Gasteiger partial charge in [0, 0.05) is 11.6 Å². The smallest absolute Gasteiger partial charge is 0.121 e. The van der Waals surface area contributed by atoms with Gasteiger partial charge in [0.2, 0.25) is 0 Å². The summed E-state index contributed by atoms with van der Waals surface area (Å²) in [4.78, 5) is 0. The molecule has 1 aromatic rings. The number of nitrogens with two attached hydrogens (primary N) is 1. The van der Waals surface area contributed by atoms with E-state index in [1.165, 1.54) is 6.07 Å². The van der Waals surface area contributed by atoms with Crippen LogP contribution in [0.5, 0.6) is 5.75 Å². The highest BCUT2D eigenvalue weighted by molar-refractivity contribution is 5.34. The third-order valence-electron chi connectivity index (χ3n) is 1.75. The zero-order valence-corrected chi connectivity index (χ0v) is 6.94. The molecule has 3 nitrogen and oxygen atoms in total. The van der Waals surface area contributed by atoms with Crippen molar-refractivity contribution in [3.05, 3.63) is 29.8 Å². The van der Waals surface area contributed by atoms with Crippen molar-refractivity contribution in [3.8, 4) is 5.75 Å². The Labute approximate surface area is 71.5 Å². The fraction of sp³-hybridized carbons (Fsp3) is 0.333. The number of phenols is 1. The van der Waals surface area contributed by atoms with Crippen LogP contribution in [0.1, 0.15) is 18.6 Å². The zero-order valence-electron chi connectivity index (χ0n) is 6.94. The van der Waals surface area contributed by atoms with Gasteiger partial charge in [-0.25, -0.2) is 0 Å². The number of phenolic OH excluding ortho intramolecular Hbond substituents is 1. The van der Waals surface area contributed by atoms with Crippen LogP contribution in [0, 0.1) is 0 Å². The van der Waals surface area contributed by atoms with Gasteiger partial charge in [-0.3, -0.25) is 0 Å². The molecule has 2 atom stereocenters. The molecule has 0 aromatic heterocycles. The Kier molecular flexibility index (Phi) is 2.68. The Morgan fingerprint density at radius 3 is 2.42 bits per heavy atom. The summed E-state index contributed by atoms with van der Waals surface area (Å²) < 4.78 is 0. The van der Waals surface area contributed by atoms with Gasteiger partial charge in [-0.05, 0) is 13.0 Å². The third kappa shape index (κ3) is 1.75. The summed E-state index contributed by atoms with van der Waals surface area (Å²) in [7, 11) is 0. The van der Waals surface area contributed by atoms with Gasteiger partial charge in [0.25, 0.3) is 0 Å². The first-order valence-electron chi connectivity index (χ1n) is 3.84. The lowest BCUT2D eigenvalue weighted by atomic mass is 10.0. The molecule has 0 aliphatic rings. The van der Waals surface area contributed by atoms with Crippen molar-refractivity contribution in [2.75, 3.05) is 0 Å². The summed E-state index contributed by atoms with van der Waals surface area (Å²) in [6.07, 6.45) is -0.800. The van der Waals surface area contributed by atoms with E-state index >= 15 is 0 Å². The molecule has 66 valence electrons. The van der Waals surface area contributed by atoms with Gasteiger partial charge in [-0.2, -0.15) is 0 Å². The maximum atomic E-state index is 9.49. The topological polar surface area (TPSA) is 66.5 Å². The SMILES string of the molecule is C[C@H](N)[C@H](O)c1ccccc1O. The molecule has 0 heterocycles. The van der Waals surface area contributed by atoms with Crippen LogP contribution in [-0.4, -0.2) is 16.3 Å². The average molecular weight is 167 g/mol. The number of hydrogen-bond acceptors (Lipinski definition) is 3. The molecule has 1 aromatic carbocycles. The van der Waals surface area contributed by atoms with Gasteiger partial charge in [0.15, 0.2) is 0 Å². The predicted octanol–water partition coefficient (Wildman–Crippen LogP) is 0.773. The molecule has 0 saturated carbocycles. The molecule has 0 radical (unpaired) electrons. The van der Waals surface area contributed by atoms with E-state index in [0.717, 1.165) is 0 Å². The molecule has 0 fully saturated rings. The van der Waals surface area contributed by atoms with Crippen molar-refractivity contribution in [2.45, 2.75) is 19.1 Å². The lowest BCUT2D eigenvalue weighted by Crippen LogP contribution is -2.24. The Hall–Kier alpha value is -1.06. The number of rotatable bonds is 2. The van der Waals surface area contributed by atoms with E-state index in [2.05, 4.69) is 0 Å². The van der Waals surface area contributed by atoms with Crippen molar-refractivity contribution < 1.29 is 10.2 Å². The first kappa shape index (κ1) is 9.03. The normalized spacial score (nSPS) is 15.6. The molecule has 0 bridgehead atoms.